The van der Waals surface area contributed by atoms with Crippen molar-refractivity contribution in [3.63, 3.8) is 0 Å². The molecule has 1 aliphatic heterocycles. The van der Waals surface area contributed by atoms with Crippen LogP contribution in [0.1, 0.15) is 38.3 Å². The summed E-state index contributed by atoms with van der Waals surface area (Å²) in [5.74, 6) is 0.858. The average Bonchev–Trinajstić information content (AvgIpc) is 3.00. The molecular formula is C16H23BrN2O2. The van der Waals surface area contributed by atoms with Crippen LogP contribution in [0.2, 0.25) is 0 Å². The third-order valence-corrected chi connectivity index (χ3v) is 4.25. The Morgan fingerprint density at radius 3 is 2.81 bits per heavy atom. The van der Waals surface area contributed by atoms with Gasteiger partial charge in [-0.25, -0.2) is 0 Å². The molecule has 1 aliphatic rings. The molecule has 116 valence electrons. The van der Waals surface area contributed by atoms with E-state index in [1.165, 1.54) is 0 Å². The predicted molar refractivity (Wildman–Crippen MR) is 87.5 cm³/mol. The molecule has 1 N–H and O–H groups in total. The molecule has 0 saturated carbocycles. The lowest BCUT2D eigenvalue weighted by atomic mass is 10.1. The first kappa shape index (κ1) is 16.3. The number of benzene rings is 1. The van der Waals surface area contributed by atoms with Crippen LogP contribution in [-0.4, -0.2) is 37.0 Å². The van der Waals surface area contributed by atoms with Gasteiger partial charge in [0.15, 0.2) is 6.61 Å². The predicted octanol–water partition coefficient (Wildman–Crippen LogP) is 3.12. The van der Waals surface area contributed by atoms with Crippen LogP contribution in [0.25, 0.3) is 0 Å². The van der Waals surface area contributed by atoms with Gasteiger partial charge in [-0.3, -0.25) is 4.79 Å². The quantitative estimate of drug-likeness (QED) is 0.853. The fourth-order valence-electron chi connectivity index (χ4n) is 2.60. The van der Waals surface area contributed by atoms with Gasteiger partial charge < -0.3 is 15.0 Å². The molecule has 2 rings (SSSR count). The van der Waals surface area contributed by atoms with E-state index in [1.807, 2.05) is 23.1 Å². The second-order valence-electron chi connectivity index (χ2n) is 5.34. The van der Waals surface area contributed by atoms with Crippen molar-refractivity contribution in [1.82, 2.24) is 10.2 Å². The van der Waals surface area contributed by atoms with E-state index in [0.29, 0.717) is 0 Å². The maximum atomic E-state index is 12.1. The van der Waals surface area contributed by atoms with Crippen LogP contribution in [0.3, 0.4) is 0 Å². The highest BCUT2D eigenvalue weighted by molar-refractivity contribution is 9.10. The second-order valence-corrected chi connectivity index (χ2v) is 6.25. The molecule has 1 unspecified atom stereocenters. The fourth-order valence-corrected chi connectivity index (χ4v) is 2.98. The summed E-state index contributed by atoms with van der Waals surface area (Å²) in [7, 11) is 0. The summed E-state index contributed by atoms with van der Waals surface area (Å²) in [5, 5.41) is 3.38. The van der Waals surface area contributed by atoms with Crippen LogP contribution in [0.4, 0.5) is 0 Å². The van der Waals surface area contributed by atoms with E-state index in [4.69, 9.17) is 4.74 Å². The van der Waals surface area contributed by atoms with Crippen molar-refractivity contribution in [1.29, 1.82) is 0 Å². The standard InChI is InChI=1S/C16H23BrN2O2/c1-3-18-12(2)14-10-13(17)6-7-15(14)21-11-16(20)19-8-4-5-9-19/h6-7,10,12,18H,3-5,8-9,11H2,1-2H3. The third kappa shape index (κ3) is 4.45. The molecule has 0 aliphatic carbocycles. The number of ether oxygens (including phenoxy) is 1. The minimum atomic E-state index is 0.0810. The highest BCUT2D eigenvalue weighted by Crippen LogP contribution is 2.28. The van der Waals surface area contributed by atoms with Crippen LogP contribution in [0.5, 0.6) is 5.75 Å². The van der Waals surface area contributed by atoms with Crippen molar-refractivity contribution in [2.75, 3.05) is 26.2 Å². The first-order chi connectivity index (χ1) is 10.1. The van der Waals surface area contributed by atoms with E-state index in [1.54, 1.807) is 0 Å². The number of nitrogens with one attached hydrogen (secondary N) is 1. The SMILES string of the molecule is CCNC(C)c1cc(Br)ccc1OCC(=O)N1CCCC1. The lowest BCUT2D eigenvalue weighted by Crippen LogP contribution is -2.32. The molecular weight excluding hydrogens is 332 g/mol. The molecule has 1 amide bonds. The van der Waals surface area contributed by atoms with Crippen LogP contribution < -0.4 is 10.1 Å². The second kappa shape index (κ2) is 7.80. The molecule has 1 atom stereocenters. The van der Waals surface area contributed by atoms with E-state index in [-0.39, 0.29) is 18.6 Å². The van der Waals surface area contributed by atoms with E-state index >= 15 is 0 Å². The molecule has 21 heavy (non-hydrogen) atoms. The van der Waals surface area contributed by atoms with Gasteiger partial charge in [0.1, 0.15) is 5.75 Å². The summed E-state index contributed by atoms with van der Waals surface area (Å²) in [4.78, 5) is 13.9. The Morgan fingerprint density at radius 2 is 2.14 bits per heavy atom. The normalized spacial score (nSPS) is 16.0. The topological polar surface area (TPSA) is 41.6 Å². The van der Waals surface area contributed by atoms with Gasteiger partial charge in [0.25, 0.3) is 5.91 Å². The first-order valence-electron chi connectivity index (χ1n) is 7.55. The van der Waals surface area contributed by atoms with Crippen molar-refractivity contribution in [3.05, 3.63) is 28.2 Å². The van der Waals surface area contributed by atoms with Crippen LogP contribution in [0, 0.1) is 0 Å². The van der Waals surface area contributed by atoms with Gasteiger partial charge in [-0.2, -0.15) is 0 Å². The monoisotopic (exact) mass is 354 g/mol. The number of carbonyl (C=O) groups is 1. The minimum Gasteiger partial charge on any atom is -0.483 e. The summed E-state index contributed by atoms with van der Waals surface area (Å²) in [6.45, 7) is 6.91. The van der Waals surface area contributed by atoms with Crippen LogP contribution in [0.15, 0.2) is 22.7 Å². The lowest BCUT2D eigenvalue weighted by molar-refractivity contribution is -0.132. The Hall–Kier alpha value is -1.07. The molecule has 1 heterocycles. The number of halogens is 1. The van der Waals surface area contributed by atoms with E-state index in [9.17, 15) is 4.79 Å². The zero-order valence-corrected chi connectivity index (χ0v) is 14.3. The first-order valence-corrected chi connectivity index (χ1v) is 8.34. The number of hydrogen-bond acceptors (Lipinski definition) is 3. The van der Waals surface area contributed by atoms with Crippen LogP contribution >= 0.6 is 15.9 Å². The highest BCUT2D eigenvalue weighted by atomic mass is 79.9. The van der Waals surface area contributed by atoms with Crippen molar-refractivity contribution >= 4 is 21.8 Å². The van der Waals surface area contributed by atoms with Crippen molar-refractivity contribution in [2.24, 2.45) is 0 Å². The minimum absolute atomic E-state index is 0.0810. The van der Waals surface area contributed by atoms with Crippen LogP contribution in [-0.2, 0) is 4.79 Å². The Labute approximate surface area is 135 Å². The number of hydrogen-bond donors (Lipinski definition) is 1. The summed E-state index contributed by atoms with van der Waals surface area (Å²) >= 11 is 3.49. The summed E-state index contributed by atoms with van der Waals surface area (Å²) in [6, 6.07) is 6.09. The van der Waals surface area contributed by atoms with E-state index in [2.05, 4.69) is 35.1 Å². The Morgan fingerprint density at radius 1 is 1.43 bits per heavy atom. The van der Waals surface area contributed by atoms with E-state index in [0.717, 1.165) is 48.3 Å². The lowest BCUT2D eigenvalue weighted by Gasteiger charge is -2.20. The zero-order valence-electron chi connectivity index (χ0n) is 12.7. The van der Waals surface area contributed by atoms with Gasteiger partial charge in [0.05, 0.1) is 0 Å². The van der Waals surface area contributed by atoms with Gasteiger partial charge in [0, 0.05) is 29.2 Å². The molecule has 0 bridgehead atoms. The van der Waals surface area contributed by atoms with Gasteiger partial charge in [-0.1, -0.05) is 22.9 Å². The maximum Gasteiger partial charge on any atom is 0.260 e. The van der Waals surface area contributed by atoms with Crippen molar-refractivity contribution < 1.29 is 9.53 Å². The Bertz CT molecular complexity index is 487. The Kier molecular flexibility index (Phi) is 6.06. The molecule has 1 aromatic rings. The highest BCUT2D eigenvalue weighted by Gasteiger charge is 2.19. The molecule has 4 nitrogen and oxygen atoms in total. The smallest absolute Gasteiger partial charge is 0.260 e. The third-order valence-electron chi connectivity index (χ3n) is 3.76. The number of amides is 1. The molecule has 1 aromatic carbocycles. The summed E-state index contributed by atoms with van der Waals surface area (Å²) in [5.41, 5.74) is 1.07. The molecule has 0 aromatic heterocycles. The maximum absolute atomic E-state index is 12.1. The molecule has 0 radical (unpaired) electrons. The van der Waals surface area contributed by atoms with Gasteiger partial charge in [-0.05, 0) is 44.5 Å². The number of carbonyl (C=O) groups excluding carboxylic acids is 1. The molecule has 0 spiro atoms. The molecule has 1 fully saturated rings. The molecule has 5 heteroatoms. The van der Waals surface area contributed by atoms with Gasteiger partial charge >= 0.3 is 0 Å². The number of likely N-dealkylation sites (tertiary alicyclic amines) is 1. The fraction of sp³-hybridized carbons (Fsp3) is 0.562. The molecule has 1 saturated heterocycles. The zero-order chi connectivity index (χ0) is 15.2. The number of rotatable bonds is 6. The average molecular weight is 355 g/mol. The van der Waals surface area contributed by atoms with Crippen molar-refractivity contribution in [3.8, 4) is 5.75 Å². The summed E-state index contributed by atoms with van der Waals surface area (Å²) < 4.78 is 6.80. The van der Waals surface area contributed by atoms with E-state index < -0.39 is 0 Å². The largest absolute Gasteiger partial charge is 0.483 e. The van der Waals surface area contributed by atoms with Gasteiger partial charge in [0.2, 0.25) is 0 Å². The van der Waals surface area contributed by atoms with Crippen molar-refractivity contribution in [2.45, 2.75) is 32.7 Å². The summed E-state index contributed by atoms with van der Waals surface area (Å²) in [6.07, 6.45) is 2.21. The Balaban J connectivity index is 2.03. The number of nitrogens with zero attached hydrogens (tertiary/aromatic N) is 1. The van der Waals surface area contributed by atoms with Gasteiger partial charge in [-0.15, -0.1) is 0 Å².